The minimum absolute atomic E-state index is 0.319. The molecule has 0 aliphatic heterocycles. The smallest absolute Gasteiger partial charge is 0.0688 e. The Labute approximate surface area is 386 Å². The number of fused-ring (bicyclic) bond motifs is 9. The summed E-state index contributed by atoms with van der Waals surface area (Å²) in [6.07, 6.45) is 24.0. The van der Waals surface area contributed by atoms with Gasteiger partial charge >= 0.3 is 0 Å². The highest BCUT2D eigenvalue weighted by Crippen LogP contribution is 2.64. The van der Waals surface area contributed by atoms with Gasteiger partial charge in [-0.25, -0.2) is 0 Å². The first-order chi connectivity index (χ1) is 32.1. The zero-order valence-electron chi connectivity index (χ0n) is 38.6. The molecule has 1 heteroatoms. The molecule has 0 bridgehead atoms. The van der Waals surface area contributed by atoms with E-state index in [-0.39, 0.29) is 5.41 Å². The van der Waals surface area contributed by atoms with E-state index in [1.165, 1.54) is 88.4 Å². The third kappa shape index (κ3) is 8.04. The molecule has 0 heterocycles. The van der Waals surface area contributed by atoms with Crippen LogP contribution in [0.3, 0.4) is 0 Å². The van der Waals surface area contributed by atoms with Gasteiger partial charge in [0.1, 0.15) is 0 Å². The molecule has 0 saturated heterocycles. The van der Waals surface area contributed by atoms with Crippen LogP contribution in [0.4, 0.5) is 0 Å². The predicted octanol–water partition coefficient (Wildman–Crippen LogP) is 14.9. The van der Waals surface area contributed by atoms with Crippen molar-refractivity contribution < 1.29 is 0 Å². The van der Waals surface area contributed by atoms with E-state index < -0.39 is 0 Å². The van der Waals surface area contributed by atoms with Crippen LogP contribution < -0.4 is 16.2 Å². The second-order valence-electron chi connectivity index (χ2n) is 16.1. The summed E-state index contributed by atoms with van der Waals surface area (Å²) < 4.78 is 0. The first-order valence-electron chi connectivity index (χ1n) is 23.3. The van der Waals surface area contributed by atoms with Gasteiger partial charge < -0.3 is 5.73 Å². The SMILES string of the molecule is C/C=C\C1=C(C)c2ccccc2C12C1=C(c3ccccc3C1)c1cc(-c3ccc(=C/c4cccc5ccccc45)/c(=C\C=C\C=C/C(=C\C=C\N)c4ccccc4)c3)ccc12.CC.CC. The van der Waals surface area contributed by atoms with Gasteiger partial charge in [0.25, 0.3) is 0 Å². The summed E-state index contributed by atoms with van der Waals surface area (Å²) in [5.41, 5.74) is 25.2. The van der Waals surface area contributed by atoms with Crippen LogP contribution in [0.1, 0.15) is 86.1 Å². The second kappa shape index (κ2) is 19.9. The Morgan fingerprint density at radius 1 is 0.600 bits per heavy atom. The van der Waals surface area contributed by atoms with E-state index in [0.29, 0.717) is 0 Å². The van der Waals surface area contributed by atoms with Crippen molar-refractivity contribution in [2.45, 2.75) is 53.4 Å². The molecule has 2 N–H and O–H groups in total. The highest BCUT2D eigenvalue weighted by molar-refractivity contribution is 6.02. The molecule has 0 saturated carbocycles. The van der Waals surface area contributed by atoms with Gasteiger partial charge in [0.2, 0.25) is 0 Å². The van der Waals surface area contributed by atoms with Crippen molar-refractivity contribution in [3.63, 3.8) is 0 Å². The van der Waals surface area contributed by atoms with Gasteiger partial charge in [0.15, 0.2) is 0 Å². The van der Waals surface area contributed by atoms with Gasteiger partial charge in [0, 0.05) is 0 Å². The molecule has 3 aliphatic rings. The summed E-state index contributed by atoms with van der Waals surface area (Å²) in [5.74, 6) is 0. The lowest BCUT2D eigenvalue weighted by Gasteiger charge is -2.33. The van der Waals surface area contributed by atoms with Gasteiger partial charge in [-0.1, -0.05) is 222 Å². The van der Waals surface area contributed by atoms with Crippen molar-refractivity contribution >= 4 is 39.6 Å². The average molecular weight is 842 g/mol. The summed E-state index contributed by atoms with van der Waals surface area (Å²) in [4.78, 5) is 0. The zero-order chi connectivity index (χ0) is 45.3. The van der Waals surface area contributed by atoms with E-state index in [1.54, 1.807) is 6.20 Å². The molecule has 3 aliphatic carbocycles. The predicted molar refractivity (Wildman–Crippen MR) is 283 cm³/mol. The van der Waals surface area contributed by atoms with Crippen molar-refractivity contribution in [2.75, 3.05) is 0 Å². The number of rotatable bonds is 8. The van der Waals surface area contributed by atoms with Crippen LogP contribution >= 0.6 is 0 Å². The normalized spacial score (nSPS) is 16.7. The van der Waals surface area contributed by atoms with Gasteiger partial charge in [-0.2, -0.15) is 0 Å². The molecule has 7 aromatic rings. The highest BCUT2D eigenvalue weighted by atomic mass is 14.6. The van der Waals surface area contributed by atoms with Gasteiger partial charge in [-0.15, -0.1) is 0 Å². The number of hydrogen-bond acceptors (Lipinski definition) is 1. The van der Waals surface area contributed by atoms with Crippen LogP contribution in [0, 0.1) is 0 Å². The molecular weight excluding hydrogens is 783 g/mol. The molecule has 320 valence electrons. The molecular formula is C64H59N. The summed E-state index contributed by atoms with van der Waals surface area (Å²) in [6.45, 7) is 12.5. The van der Waals surface area contributed by atoms with E-state index in [4.69, 9.17) is 5.73 Å². The molecule has 1 nitrogen and oxygen atoms in total. The Hall–Kier alpha value is -7.48. The largest absolute Gasteiger partial charge is 0.405 e. The Kier molecular flexibility index (Phi) is 13.5. The maximum Gasteiger partial charge on any atom is 0.0688 e. The molecule has 0 fully saturated rings. The van der Waals surface area contributed by atoms with E-state index in [0.717, 1.165) is 22.8 Å². The molecule has 65 heavy (non-hydrogen) atoms. The molecule has 7 aromatic carbocycles. The minimum Gasteiger partial charge on any atom is -0.405 e. The Balaban J connectivity index is 0.00000140. The average Bonchev–Trinajstić information content (AvgIpc) is 3.97. The van der Waals surface area contributed by atoms with Crippen molar-refractivity contribution in [3.05, 3.63) is 279 Å². The summed E-state index contributed by atoms with van der Waals surface area (Å²) >= 11 is 0. The van der Waals surface area contributed by atoms with Crippen LogP contribution in [-0.2, 0) is 11.8 Å². The molecule has 0 amide bonds. The van der Waals surface area contributed by atoms with Crippen molar-refractivity contribution in [2.24, 2.45) is 5.73 Å². The highest BCUT2D eigenvalue weighted by Gasteiger charge is 2.54. The monoisotopic (exact) mass is 841 g/mol. The number of allylic oxidation sites excluding steroid dienone is 12. The summed E-state index contributed by atoms with van der Waals surface area (Å²) in [7, 11) is 0. The van der Waals surface area contributed by atoms with Gasteiger partial charge in [-0.05, 0) is 155 Å². The lowest BCUT2D eigenvalue weighted by Crippen LogP contribution is -2.29. The van der Waals surface area contributed by atoms with E-state index in [2.05, 4.69) is 214 Å². The number of hydrogen-bond donors (Lipinski definition) is 1. The third-order valence-corrected chi connectivity index (χ3v) is 12.8. The summed E-state index contributed by atoms with van der Waals surface area (Å²) in [5, 5.41) is 4.80. The standard InChI is InChI=1S/C60H47N.2C2H6/c1-3-18-55-41(2)51-28-14-15-31-56(51)60(55)57-35-34-48(39-54(57)59-53-30-13-11-24-50(53)40-58(59)60)46-32-33-47(38-49-26-16-25-44-22-10-12-29-52(44)49)45(37-46)23-9-5-8-21-43(27-17-36-61)42-19-6-4-7-20-42;2*1-2/h3-39H,40,61H2,1-2H3;2*1-2H3/b9-5+,18-3-,21-8-,36-17+,43-27+,45-23-,47-38-;;. The van der Waals surface area contributed by atoms with Crippen molar-refractivity contribution in [3.8, 4) is 11.1 Å². The maximum atomic E-state index is 5.71. The van der Waals surface area contributed by atoms with Crippen LogP contribution in [0.5, 0.6) is 0 Å². The molecule has 1 atom stereocenters. The second-order valence-corrected chi connectivity index (χ2v) is 16.1. The fourth-order valence-electron chi connectivity index (χ4n) is 10.1. The topological polar surface area (TPSA) is 26.0 Å². The quantitative estimate of drug-likeness (QED) is 0.152. The van der Waals surface area contributed by atoms with Crippen LogP contribution in [0.25, 0.3) is 50.8 Å². The lowest BCUT2D eigenvalue weighted by atomic mass is 9.67. The van der Waals surface area contributed by atoms with Crippen LogP contribution in [0.2, 0.25) is 0 Å². The first-order valence-corrected chi connectivity index (χ1v) is 23.3. The Morgan fingerprint density at radius 2 is 1.29 bits per heavy atom. The van der Waals surface area contributed by atoms with E-state index in [9.17, 15) is 0 Å². The first kappa shape index (κ1) is 44.1. The molecule has 1 unspecified atom stereocenters. The van der Waals surface area contributed by atoms with Crippen LogP contribution in [-0.4, -0.2) is 0 Å². The molecule has 0 aromatic heterocycles. The maximum absolute atomic E-state index is 5.71. The fourth-order valence-corrected chi connectivity index (χ4v) is 10.1. The number of nitrogens with two attached hydrogens (primary N) is 1. The lowest BCUT2D eigenvalue weighted by molar-refractivity contribution is 0.738. The summed E-state index contributed by atoms with van der Waals surface area (Å²) in [6, 6.07) is 57.9. The van der Waals surface area contributed by atoms with Gasteiger partial charge in [-0.3, -0.25) is 0 Å². The zero-order valence-corrected chi connectivity index (χ0v) is 38.6. The fraction of sp³-hybridized carbons (Fsp3) is 0.125. The Bertz CT molecular complexity index is 3230. The van der Waals surface area contributed by atoms with Crippen molar-refractivity contribution in [1.82, 2.24) is 0 Å². The molecule has 1 spiro atoms. The third-order valence-electron chi connectivity index (χ3n) is 12.8. The van der Waals surface area contributed by atoms with Crippen molar-refractivity contribution in [1.29, 1.82) is 0 Å². The van der Waals surface area contributed by atoms with Crippen LogP contribution in [0.15, 0.2) is 224 Å². The molecule has 0 radical (unpaired) electrons. The minimum atomic E-state index is -0.319. The molecule has 10 rings (SSSR count). The number of benzene rings is 7. The Morgan fingerprint density at radius 3 is 2.11 bits per heavy atom. The van der Waals surface area contributed by atoms with E-state index in [1.807, 2.05) is 45.9 Å². The van der Waals surface area contributed by atoms with E-state index >= 15 is 0 Å². The van der Waals surface area contributed by atoms with Gasteiger partial charge in [0.05, 0.1) is 5.41 Å².